The second-order valence-electron chi connectivity index (χ2n) is 5.91. The molecule has 2 unspecified atom stereocenters. The number of aliphatic carboxylic acids is 1. The Bertz CT molecular complexity index is 261. The van der Waals surface area contributed by atoms with E-state index >= 15 is 0 Å². The minimum atomic E-state index is -0.643. The molecule has 2 fully saturated rings. The fourth-order valence-electron chi connectivity index (χ4n) is 3.55. The van der Waals surface area contributed by atoms with Gasteiger partial charge in [0.2, 0.25) is 0 Å². The maximum Gasteiger partial charge on any atom is 0.303 e. The third-order valence-corrected chi connectivity index (χ3v) is 4.63. The number of piperidine rings is 1. The second kappa shape index (κ2) is 5.85. The molecular formula is C14H25NO2. The molecule has 1 N–H and O–H groups in total. The summed E-state index contributed by atoms with van der Waals surface area (Å²) in [7, 11) is 0. The highest BCUT2D eigenvalue weighted by Gasteiger charge is 2.30. The first-order valence-electron chi connectivity index (χ1n) is 7.12. The molecule has 17 heavy (non-hydrogen) atoms. The fraction of sp³-hybridized carbons (Fsp3) is 0.929. The number of hydrogen-bond donors (Lipinski definition) is 1. The van der Waals surface area contributed by atoms with Crippen molar-refractivity contribution < 1.29 is 9.90 Å². The molecule has 3 heteroatoms. The zero-order chi connectivity index (χ0) is 12.3. The van der Waals surface area contributed by atoms with Gasteiger partial charge in [0.1, 0.15) is 0 Å². The van der Waals surface area contributed by atoms with Crippen LogP contribution in [0.4, 0.5) is 0 Å². The van der Waals surface area contributed by atoms with Gasteiger partial charge in [0.25, 0.3) is 0 Å². The molecule has 0 aromatic heterocycles. The smallest absolute Gasteiger partial charge is 0.303 e. The van der Waals surface area contributed by atoms with E-state index in [-0.39, 0.29) is 0 Å². The van der Waals surface area contributed by atoms with Gasteiger partial charge < -0.3 is 10.0 Å². The molecule has 0 spiro atoms. The van der Waals surface area contributed by atoms with E-state index in [4.69, 9.17) is 5.11 Å². The van der Waals surface area contributed by atoms with E-state index in [1.807, 2.05) is 0 Å². The van der Waals surface area contributed by atoms with Crippen LogP contribution < -0.4 is 0 Å². The van der Waals surface area contributed by atoms with E-state index in [2.05, 4.69) is 11.8 Å². The minimum absolute atomic E-state index is 0.330. The number of carboxylic acid groups (broad SMARTS) is 1. The SMILES string of the molecule is CC(CC(=O)O)C1CCCN(C2CCCC2)C1. The lowest BCUT2D eigenvalue weighted by Gasteiger charge is -2.38. The summed E-state index contributed by atoms with van der Waals surface area (Å²) in [4.78, 5) is 13.4. The Kier molecular flexibility index (Phi) is 4.43. The molecule has 1 heterocycles. The third kappa shape index (κ3) is 3.44. The summed E-state index contributed by atoms with van der Waals surface area (Å²) in [5.41, 5.74) is 0. The Hall–Kier alpha value is -0.570. The van der Waals surface area contributed by atoms with Gasteiger partial charge in [0, 0.05) is 19.0 Å². The first-order valence-corrected chi connectivity index (χ1v) is 7.12. The van der Waals surface area contributed by atoms with E-state index in [0.717, 1.165) is 12.6 Å². The number of nitrogens with zero attached hydrogens (tertiary/aromatic N) is 1. The van der Waals surface area contributed by atoms with Crippen LogP contribution in [0.5, 0.6) is 0 Å². The van der Waals surface area contributed by atoms with Gasteiger partial charge in [-0.1, -0.05) is 19.8 Å². The van der Waals surface area contributed by atoms with Crippen LogP contribution in [0, 0.1) is 11.8 Å². The molecule has 1 saturated heterocycles. The van der Waals surface area contributed by atoms with Gasteiger partial charge in [-0.3, -0.25) is 4.79 Å². The standard InChI is InChI=1S/C14H25NO2/c1-11(9-14(16)17)12-5-4-8-15(10-12)13-6-2-3-7-13/h11-13H,2-10H2,1H3,(H,16,17). The minimum Gasteiger partial charge on any atom is -0.481 e. The van der Waals surface area contributed by atoms with Crippen molar-refractivity contribution in [2.24, 2.45) is 11.8 Å². The third-order valence-electron chi connectivity index (χ3n) is 4.63. The average molecular weight is 239 g/mol. The van der Waals surface area contributed by atoms with Crippen LogP contribution in [-0.4, -0.2) is 35.1 Å². The number of carbonyl (C=O) groups is 1. The van der Waals surface area contributed by atoms with Crippen molar-refractivity contribution in [3.8, 4) is 0 Å². The predicted molar refractivity (Wildman–Crippen MR) is 68.0 cm³/mol. The van der Waals surface area contributed by atoms with Gasteiger partial charge in [-0.25, -0.2) is 0 Å². The molecule has 3 nitrogen and oxygen atoms in total. The van der Waals surface area contributed by atoms with Crippen LogP contribution in [0.3, 0.4) is 0 Å². The zero-order valence-corrected chi connectivity index (χ0v) is 10.9. The Morgan fingerprint density at radius 1 is 1.29 bits per heavy atom. The first-order chi connectivity index (χ1) is 8.16. The largest absolute Gasteiger partial charge is 0.481 e. The highest BCUT2D eigenvalue weighted by Crippen LogP contribution is 2.31. The average Bonchev–Trinajstić information content (AvgIpc) is 2.82. The number of likely N-dealkylation sites (tertiary alicyclic amines) is 1. The lowest BCUT2D eigenvalue weighted by atomic mass is 9.84. The van der Waals surface area contributed by atoms with Gasteiger partial charge >= 0.3 is 5.97 Å². The predicted octanol–water partition coefficient (Wildman–Crippen LogP) is 2.75. The van der Waals surface area contributed by atoms with Crippen LogP contribution >= 0.6 is 0 Å². The molecule has 0 amide bonds. The van der Waals surface area contributed by atoms with Crippen molar-refractivity contribution in [2.75, 3.05) is 13.1 Å². The van der Waals surface area contributed by atoms with Gasteiger partial charge in [0.05, 0.1) is 0 Å². The molecule has 1 aliphatic carbocycles. The summed E-state index contributed by atoms with van der Waals surface area (Å²) in [5.74, 6) is 0.285. The molecule has 98 valence electrons. The van der Waals surface area contributed by atoms with Crippen molar-refractivity contribution in [1.29, 1.82) is 0 Å². The monoisotopic (exact) mass is 239 g/mol. The Balaban J connectivity index is 1.85. The van der Waals surface area contributed by atoms with Crippen molar-refractivity contribution in [3.05, 3.63) is 0 Å². The van der Waals surface area contributed by atoms with Gasteiger partial charge in [-0.15, -0.1) is 0 Å². The zero-order valence-electron chi connectivity index (χ0n) is 10.9. The highest BCUT2D eigenvalue weighted by atomic mass is 16.4. The quantitative estimate of drug-likeness (QED) is 0.820. The fourth-order valence-corrected chi connectivity index (χ4v) is 3.55. The summed E-state index contributed by atoms with van der Waals surface area (Å²) in [6.45, 7) is 4.48. The Morgan fingerprint density at radius 2 is 2.00 bits per heavy atom. The van der Waals surface area contributed by atoms with E-state index in [0.29, 0.717) is 18.3 Å². The van der Waals surface area contributed by atoms with Crippen LogP contribution in [0.1, 0.15) is 51.9 Å². The molecule has 2 rings (SSSR count). The molecule has 2 atom stereocenters. The molecular weight excluding hydrogens is 214 g/mol. The van der Waals surface area contributed by atoms with E-state index in [1.54, 1.807) is 0 Å². The Labute approximate surface area is 104 Å². The van der Waals surface area contributed by atoms with Crippen molar-refractivity contribution >= 4 is 5.97 Å². The first kappa shape index (κ1) is 12.9. The lowest BCUT2D eigenvalue weighted by molar-refractivity contribution is -0.138. The van der Waals surface area contributed by atoms with Crippen LogP contribution in [0.25, 0.3) is 0 Å². The van der Waals surface area contributed by atoms with Crippen molar-refractivity contribution in [3.63, 3.8) is 0 Å². The Morgan fingerprint density at radius 3 is 2.65 bits per heavy atom. The highest BCUT2D eigenvalue weighted by molar-refractivity contribution is 5.67. The van der Waals surface area contributed by atoms with Crippen molar-refractivity contribution in [1.82, 2.24) is 4.90 Å². The molecule has 0 bridgehead atoms. The summed E-state index contributed by atoms with van der Waals surface area (Å²) < 4.78 is 0. The van der Waals surface area contributed by atoms with Gasteiger partial charge in [-0.2, -0.15) is 0 Å². The summed E-state index contributed by atoms with van der Waals surface area (Å²) in [6.07, 6.45) is 8.30. The van der Waals surface area contributed by atoms with Gasteiger partial charge in [-0.05, 0) is 44.1 Å². The van der Waals surface area contributed by atoms with E-state index < -0.39 is 5.97 Å². The molecule has 0 aromatic carbocycles. The maximum atomic E-state index is 10.8. The van der Waals surface area contributed by atoms with E-state index in [9.17, 15) is 4.79 Å². The summed E-state index contributed by atoms with van der Waals surface area (Å²) in [6, 6.07) is 0.801. The van der Waals surface area contributed by atoms with Gasteiger partial charge in [0.15, 0.2) is 0 Å². The normalized spacial score (nSPS) is 29.4. The molecule has 0 aromatic rings. The number of rotatable bonds is 4. The summed E-state index contributed by atoms with van der Waals surface area (Å²) >= 11 is 0. The molecule has 2 aliphatic rings. The van der Waals surface area contributed by atoms with Crippen LogP contribution in [0.2, 0.25) is 0 Å². The van der Waals surface area contributed by atoms with Crippen LogP contribution in [0.15, 0.2) is 0 Å². The topological polar surface area (TPSA) is 40.5 Å². The lowest BCUT2D eigenvalue weighted by Crippen LogP contribution is -2.43. The number of hydrogen-bond acceptors (Lipinski definition) is 2. The van der Waals surface area contributed by atoms with Crippen LogP contribution in [-0.2, 0) is 4.79 Å². The maximum absolute atomic E-state index is 10.8. The van der Waals surface area contributed by atoms with E-state index in [1.165, 1.54) is 45.1 Å². The molecule has 1 aliphatic heterocycles. The number of carboxylic acids is 1. The second-order valence-corrected chi connectivity index (χ2v) is 5.91. The summed E-state index contributed by atoms with van der Waals surface area (Å²) in [5, 5.41) is 8.88. The molecule has 0 radical (unpaired) electrons. The van der Waals surface area contributed by atoms with Crippen molar-refractivity contribution in [2.45, 2.75) is 57.9 Å². The molecule has 1 saturated carbocycles.